The van der Waals surface area contributed by atoms with E-state index in [2.05, 4.69) is 162 Å². The molecule has 0 saturated heterocycles. The molecule has 2 nitrogen and oxygen atoms in total. The van der Waals surface area contributed by atoms with E-state index >= 15 is 0 Å². The van der Waals surface area contributed by atoms with Crippen molar-refractivity contribution in [3.05, 3.63) is 146 Å². The average Bonchev–Trinajstić information content (AvgIpc) is 3.00. The normalized spacial score (nSPS) is 14.5. The Bertz CT molecular complexity index is 1560. The standard InChI is InChI=1S/C36H32N2/c1-37(32-15-6-3-7-16-32)33-23-19-29(20-24-33)30-21-25-34(26-22-30)38(27-28-11-4-2-5-12-28)36-18-10-14-31-13-8-9-17-35(31)36/h2-11,13-26,28H,12,27H2,1H3. The van der Waals surface area contributed by atoms with Crippen molar-refractivity contribution in [3.63, 3.8) is 0 Å². The molecule has 0 amide bonds. The predicted molar refractivity (Wildman–Crippen MR) is 164 cm³/mol. The molecule has 5 aromatic carbocycles. The summed E-state index contributed by atoms with van der Waals surface area (Å²) in [5, 5.41) is 2.55. The van der Waals surface area contributed by atoms with Gasteiger partial charge in [0.1, 0.15) is 0 Å². The molecule has 0 fully saturated rings. The summed E-state index contributed by atoms with van der Waals surface area (Å²) in [7, 11) is 2.11. The fourth-order valence-corrected chi connectivity index (χ4v) is 5.30. The number of benzene rings is 5. The molecule has 5 aromatic rings. The number of anilines is 4. The van der Waals surface area contributed by atoms with Crippen molar-refractivity contribution in [2.45, 2.75) is 6.42 Å². The van der Waals surface area contributed by atoms with E-state index in [0.29, 0.717) is 5.92 Å². The fraction of sp³-hybridized carbons (Fsp3) is 0.111. The van der Waals surface area contributed by atoms with Gasteiger partial charge < -0.3 is 9.80 Å². The van der Waals surface area contributed by atoms with E-state index in [0.717, 1.165) is 13.0 Å². The van der Waals surface area contributed by atoms with Crippen molar-refractivity contribution in [2.75, 3.05) is 23.4 Å². The average molecular weight is 493 g/mol. The number of fused-ring (bicyclic) bond motifs is 1. The van der Waals surface area contributed by atoms with Crippen LogP contribution in [0.3, 0.4) is 0 Å². The lowest BCUT2D eigenvalue weighted by Gasteiger charge is -2.30. The Balaban J connectivity index is 1.29. The van der Waals surface area contributed by atoms with E-state index in [1.54, 1.807) is 0 Å². The molecule has 186 valence electrons. The Morgan fingerprint density at radius 1 is 0.605 bits per heavy atom. The Morgan fingerprint density at radius 2 is 1.24 bits per heavy atom. The second kappa shape index (κ2) is 10.8. The van der Waals surface area contributed by atoms with Crippen LogP contribution in [0.2, 0.25) is 0 Å². The second-order valence-electron chi connectivity index (χ2n) is 9.91. The number of hydrogen-bond donors (Lipinski definition) is 0. The minimum atomic E-state index is 0.479. The van der Waals surface area contributed by atoms with Crippen LogP contribution in [-0.2, 0) is 0 Å². The molecule has 1 unspecified atom stereocenters. The van der Waals surface area contributed by atoms with Crippen LogP contribution >= 0.6 is 0 Å². The van der Waals surface area contributed by atoms with Gasteiger partial charge in [-0.1, -0.05) is 103 Å². The maximum Gasteiger partial charge on any atom is 0.0490 e. The summed E-state index contributed by atoms with van der Waals surface area (Å²) >= 11 is 0. The van der Waals surface area contributed by atoms with Gasteiger partial charge in [-0.15, -0.1) is 0 Å². The van der Waals surface area contributed by atoms with Crippen LogP contribution in [0.15, 0.2) is 146 Å². The first-order valence-electron chi connectivity index (χ1n) is 13.3. The zero-order valence-corrected chi connectivity index (χ0v) is 21.7. The number of hydrogen-bond acceptors (Lipinski definition) is 2. The summed E-state index contributed by atoms with van der Waals surface area (Å²) in [5.41, 5.74) is 7.27. The lowest BCUT2D eigenvalue weighted by Crippen LogP contribution is -2.24. The van der Waals surface area contributed by atoms with E-state index in [9.17, 15) is 0 Å². The lowest BCUT2D eigenvalue weighted by molar-refractivity contribution is 0.658. The molecule has 0 aliphatic heterocycles. The van der Waals surface area contributed by atoms with Gasteiger partial charge in [0, 0.05) is 41.7 Å². The lowest BCUT2D eigenvalue weighted by atomic mass is 9.98. The van der Waals surface area contributed by atoms with E-state index in [-0.39, 0.29) is 0 Å². The van der Waals surface area contributed by atoms with E-state index in [4.69, 9.17) is 0 Å². The monoisotopic (exact) mass is 492 g/mol. The minimum Gasteiger partial charge on any atom is -0.345 e. The van der Waals surface area contributed by atoms with Crippen molar-refractivity contribution in [3.8, 4) is 11.1 Å². The maximum atomic E-state index is 2.48. The number of para-hydroxylation sites is 1. The first-order chi connectivity index (χ1) is 18.8. The first-order valence-corrected chi connectivity index (χ1v) is 13.3. The van der Waals surface area contributed by atoms with E-state index in [1.165, 1.54) is 44.6 Å². The topological polar surface area (TPSA) is 6.48 Å². The van der Waals surface area contributed by atoms with E-state index < -0.39 is 0 Å². The second-order valence-corrected chi connectivity index (χ2v) is 9.91. The first kappa shape index (κ1) is 23.8. The molecular formula is C36H32N2. The van der Waals surface area contributed by atoms with Gasteiger partial charge in [0.05, 0.1) is 0 Å². The quantitative estimate of drug-likeness (QED) is 0.223. The van der Waals surface area contributed by atoms with Crippen molar-refractivity contribution in [2.24, 2.45) is 5.92 Å². The summed E-state index contributed by atoms with van der Waals surface area (Å²) in [6, 6.07) is 43.6. The van der Waals surface area contributed by atoms with Crippen LogP contribution in [0, 0.1) is 5.92 Å². The van der Waals surface area contributed by atoms with Gasteiger partial charge in [-0.2, -0.15) is 0 Å². The number of rotatable bonds is 7. The molecule has 1 atom stereocenters. The van der Waals surface area contributed by atoms with Gasteiger partial charge in [0.25, 0.3) is 0 Å². The fourth-order valence-electron chi connectivity index (χ4n) is 5.30. The van der Waals surface area contributed by atoms with Crippen LogP contribution in [0.25, 0.3) is 21.9 Å². The maximum absolute atomic E-state index is 2.48. The van der Waals surface area contributed by atoms with Crippen molar-refractivity contribution >= 4 is 33.5 Å². The van der Waals surface area contributed by atoms with Crippen LogP contribution in [-0.4, -0.2) is 13.6 Å². The largest absolute Gasteiger partial charge is 0.345 e. The van der Waals surface area contributed by atoms with Crippen LogP contribution < -0.4 is 9.80 Å². The molecule has 2 heteroatoms. The molecule has 0 spiro atoms. The third-order valence-electron chi connectivity index (χ3n) is 7.45. The number of allylic oxidation sites excluding steroid dienone is 3. The molecule has 1 aliphatic carbocycles. The predicted octanol–water partition coefficient (Wildman–Crippen LogP) is 9.55. The third kappa shape index (κ3) is 4.99. The van der Waals surface area contributed by atoms with Crippen LogP contribution in [0.1, 0.15) is 6.42 Å². The van der Waals surface area contributed by atoms with Gasteiger partial charge in [0.15, 0.2) is 0 Å². The SMILES string of the molecule is CN(c1ccccc1)c1ccc(-c2ccc(N(CC3C=CC=CC3)c3cccc4ccccc34)cc2)cc1. The van der Waals surface area contributed by atoms with Crippen LogP contribution in [0.5, 0.6) is 0 Å². The highest BCUT2D eigenvalue weighted by Crippen LogP contribution is 2.35. The summed E-state index contributed by atoms with van der Waals surface area (Å²) in [4.78, 5) is 4.70. The van der Waals surface area contributed by atoms with Crippen molar-refractivity contribution in [1.82, 2.24) is 0 Å². The molecule has 0 heterocycles. The Kier molecular flexibility index (Phi) is 6.78. The Morgan fingerprint density at radius 3 is 1.95 bits per heavy atom. The molecule has 0 bridgehead atoms. The highest BCUT2D eigenvalue weighted by Gasteiger charge is 2.17. The molecule has 0 radical (unpaired) electrons. The van der Waals surface area contributed by atoms with Crippen LogP contribution in [0.4, 0.5) is 22.7 Å². The summed E-state index contributed by atoms with van der Waals surface area (Å²) in [5.74, 6) is 0.479. The Hall–Kier alpha value is -4.56. The van der Waals surface area contributed by atoms with Gasteiger partial charge in [-0.25, -0.2) is 0 Å². The number of nitrogens with zero attached hydrogens (tertiary/aromatic N) is 2. The zero-order valence-electron chi connectivity index (χ0n) is 21.7. The summed E-state index contributed by atoms with van der Waals surface area (Å²) in [6.45, 7) is 0.939. The Labute approximate surface area is 225 Å². The molecule has 1 aliphatic rings. The van der Waals surface area contributed by atoms with Gasteiger partial charge in [0.2, 0.25) is 0 Å². The van der Waals surface area contributed by atoms with Crippen molar-refractivity contribution in [1.29, 1.82) is 0 Å². The molecular weight excluding hydrogens is 460 g/mol. The van der Waals surface area contributed by atoms with E-state index in [1.807, 2.05) is 0 Å². The smallest absolute Gasteiger partial charge is 0.0490 e. The van der Waals surface area contributed by atoms with Crippen molar-refractivity contribution < 1.29 is 0 Å². The molecule has 0 saturated carbocycles. The molecule has 6 rings (SSSR count). The highest BCUT2D eigenvalue weighted by molar-refractivity contribution is 5.96. The summed E-state index contributed by atoms with van der Waals surface area (Å²) in [6.07, 6.45) is 10.0. The molecule has 0 aromatic heterocycles. The minimum absolute atomic E-state index is 0.479. The zero-order chi connectivity index (χ0) is 25.7. The van der Waals surface area contributed by atoms with Gasteiger partial charge in [-0.05, 0) is 71.3 Å². The molecule has 38 heavy (non-hydrogen) atoms. The highest BCUT2D eigenvalue weighted by atomic mass is 15.1. The van der Waals surface area contributed by atoms with Gasteiger partial charge >= 0.3 is 0 Å². The third-order valence-corrected chi connectivity index (χ3v) is 7.45. The molecule has 0 N–H and O–H groups in total. The summed E-state index contributed by atoms with van der Waals surface area (Å²) < 4.78 is 0. The van der Waals surface area contributed by atoms with Gasteiger partial charge in [-0.3, -0.25) is 0 Å².